The Morgan fingerprint density at radius 1 is 0.938 bits per heavy atom. The number of nitrogens with zero attached hydrogens (tertiary/aromatic N) is 1. The van der Waals surface area contributed by atoms with Crippen LogP contribution in [-0.4, -0.2) is 30.5 Å². The summed E-state index contributed by atoms with van der Waals surface area (Å²) in [6.07, 6.45) is 8.19. The van der Waals surface area contributed by atoms with Crippen molar-refractivity contribution in [1.29, 1.82) is 0 Å². The van der Waals surface area contributed by atoms with E-state index in [0.29, 0.717) is 13.1 Å². The summed E-state index contributed by atoms with van der Waals surface area (Å²) < 4.78 is 26.0. The maximum absolute atomic E-state index is 13.0. The van der Waals surface area contributed by atoms with Crippen LogP contribution >= 0.6 is 0 Å². The highest BCUT2D eigenvalue weighted by Gasteiger charge is 2.34. The number of hydrogen-bond donors (Lipinski definition) is 0. The van der Waals surface area contributed by atoms with Crippen molar-refractivity contribution in [2.45, 2.75) is 57.3 Å². The fourth-order valence-electron chi connectivity index (χ4n) is 2.97. The molecule has 2 fully saturated rings. The first-order valence-electron chi connectivity index (χ1n) is 6.76. The van der Waals surface area contributed by atoms with Crippen LogP contribution in [0.4, 0.5) is 8.78 Å². The number of hydrogen-bond acceptors (Lipinski definition) is 1. The fraction of sp³-hybridized carbons (Fsp3) is 1.00. The molecule has 1 heterocycles. The molecule has 1 saturated carbocycles. The molecule has 1 aliphatic heterocycles. The molecule has 0 radical (unpaired) electrons. The third-order valence-corrected chi connectivity index (χ3v) is 4.08. The lowest BCUT2D eigenvalue weighted by Crippen LogP contribution is -2.41. The highest BCUT2D eigenvalue weighted by molar-refractivity contribution is 4.79. The Morgan fingerprint density at radius 2 is 1.50 bits per heavy atom. The standard InChI is InChI=1S/C13H23F2N/c14-13(15)7-9-16(10-8-13)11-12-5-3-1-2-4-6-12/h12H,1-11H2. The summed E-state index contributed by atoms with van der Waals surface area (Å²) in [4.78, 5) is 2.26. The number of likely N-dealkylation sites (tertiary alicyclic amines) is 1. The Hall–Kier alpha value is -0.180. The lowest BCUT2D eigenvalue weighted by molar-refractivity contribution is -0.0576. The largest absolute Gasteiger partial charge is 0.303 e. The Morgan fingerprint density at radius 3 is 2.06 bits per heavy atom. The van der Waals surface area contributed by atoms with Gasteiger partial charge in [-0.1, -0.05) is 25.7 Å². The van der Waals surface area contributed by atoms with Gasteiger partial charge in [-0.2, -0.15) is 0 Å². The number of rotatable bonds is 2. The predicted molar refractivity (Wildman–Crippen MR) is 61.8 cm³/mol. The van der Waals surface area contributed by atoms with Crippen LogP contribution in [0.5, 0.6) is 0 Å². The summed E-state index contributed by atoms with van der Waals surface area (Å²) in [5.74, 6) is -1.62. The molecular formula is C13H23F2N. The second kappa shape index (κ2) is 5.44. The van der Waals surface area contributed by atoms with Gasteiger partial charge in [0.15, 0.2) is 0 Å². The van der Waals surface area contributed by atoms with Crippen molar-refractivity contribution in [3.8, 4) is 0 Å². The lowest BCUT2D eigenvalue weighted by atomic mass is 9.98. The number of alkyl halides is 2. The summed E-state index contributed by atoms with van der Waals surface area (Å²) >= 11 is 0. The molecule has 1 nitrogen and oxygen atoms in total. The second-order valence-corrected chi connectivity index (χ2v) is 5.51. The normalized spacial score (nSPS) is 28.9. The summed E-state index contributed by atoms with van der Waals surface area (Å²) in [6.45, 7) is 2.27. The van der Waals surface area contributed by atoms with Crippen molar-refractivity contribution in [2.75, 3.05) is 19.6 Å². The first-order chi connectivity index (χ1) is 7.66. The molecule has 94 valence electrons. The zero-order chi connectivity index (χ0) is 11.4. The molecule has 0 atom stereocenters. The van der Waals surface area contributed by atoms with Gasteiger partial charge in [0.25, 0.3) is 5.92 Å². The highest BCUT2D eigenvalue weighted by Crippen LogP contribution is 2.30. The molecule has 0 aromatic rings. The van der Waals surface area contributed by atoms with E-state index in [2.05, 4.69) is 4.90 Å². The quantitative estimate of drug-likeness (QED) is 0.655. The summed E-state index contributed by atoms with van der Waals surface area (Å²) in [5.41, 5.74) is 0. The lowest BCUT2D eigenvalue weighted by Gasteiger charge is -2.33. The molecule has 2 aliphatic rings. The third kappa shape index (κ3) is 3.69. The maximum Gasteiger partial charge on any atom is 0.250 e. The Labute approximate surface area is 97.2 Å². The van der Waals surface area contributed by atoms with Gasteiger partial charge in [0.1, 0.15) is 0 Å². The van der Waals surface area contributed by atoms with Gasteiger partial charge >= 0.3 is 0 Å². The van der Waals surface area contributed by atoms with Crippen molar-refractivity contribution in [3.63, 3.8) is 0 Å². The Balaban J connectivity index is 1.73. The summed E-state index contributed by atoms with van der Waals surface area (Å²) in [5, 5.41) is 0. The van der Waals surface area contributed by atoms with E-state index in [9.17, 15) is 8.78 Å². The van der Waals surface area contributed by atoms with E-state index in [1.807, 2.05) is 0 Å². The van der Waals surface area contributed by atoms with E-state index >= 15 is 0 Å². The molecular weight excluding hydrogens is 208 g/mol. The molecule has 0 amide bonds. The predicted octanol–water partition coefficient (Wildman–Crippen LogP) is 3.69. The Bertz CT molecular complexity index is 200. The van der Waals surface area contributed by atoms with Crippen LogP contribution in [0.25, 0.3) is 0 Å². The van der Waals surface area contributed by atoms with Crippen molar-refractivity contribution in [2.24, 2.45) is 5.92 Å². The summed E-state index contributed by atoms with van der Waals surface area (Å²) in [6, 6.07) is 0. The van der Waals surface area contributed by atoms with Crippen LogP contribution in [0.15, 0.2) is 0 Å². The van der Waals surface area contributed by atoms with E-state index < -0.39 is 5.92 Å². The molecule has 0 unspecified atom stereocenters. The maximum atomic E-state index is 13.0. The SMILES string of the molecule is FC1(F)CCN(CC2CCCCCC2)CC1. The molecule has 0 aromatic heterocycles. The second-order valence-electron chi connectivity index (χ2n) is 5.51. The molecule has 2 rings (SSSR count). The molecule has 0 aromatic carbocycles. The number of piperidine rings is 1. The smallest absolute Gasteiger partial charge is 0.250 e. The molecule has 1 aliphatic carbocycles. The van der Waals surface area contributed by atoms with E-state index in [0.717, 1.165) is 12.5 Å². The minimum Gasteiger partial charge on any atom is -0.303 e. The summed E-state index contributed by atoms with van der Waals surface area (Å²) in [7, 11) is 0. The van der Waals surface area contributed by atoms with Crippen molar-refractivity contribution >= 4 is 0 Å². The van der Waals surface area contributed by atoms with E-state index in [1.165, 1.54) is 38.5 Å². The van der Waals surface area contributed by atoms with Gasteiger partial charge in [-0.05, 0) is 18.8 Å². The van der Waals surface area contributed by atoms with Crippen molar-refractivity contribution < 1.29 is 8.78 Å². The zero-order valence-electron chi connectivity index (χ0n) is 10.1. The fourth-order valence-corrected chi connectivity index (χ4v) is 2.97. The van der Waals surface area contributed by atoms with Crippen LogP contribution in [0, 0.1) is 5.92 Å². The van der Waals surface area contributed by atoms with Crippen LogP contribution in [0.3, 0.4) is 0 Å². The zero-order valence-corrected chi connectivity index (χ0v) is 10.1. The average molecular weight is 231 g/mol. The first kappa shape index (κ1) is 12.3. The van der Waals surface area contributed by atoms with Crippen LogP contribution in [-0.2, 0) is 0 Å². The average Bonchev–Trinajstić information content (AvgIpc) is 2.50. The van der Waals surface area contributed by atoms with Crippen LogP contribution < -0.4 is 0 Å². The Kier molecular flexibility index (Phi) is 4.17. The molecule has 3 heteroatoms. The first-order valence-corrected chi connectivity index (χ1v) is 6.76. The molecule has 16 heavy (non-hydrogen) atoms. The molecule has 0 N–H and O–H groups in total. The van der Waals surface area contributed by atoms with E-state index in [1.54, 1.807) is 0 Å². The van der Waals surface area contributed by atoms with Gasteiger partial charge in [0, 0.05) is 32.5 Å². The van der Waals surface area contributed by atoms with Gasteiger partial charge in [-0.3, -0.25) is 0 Å². The minimum absolute atomic E-state index is 0.0692. The van der Waals surface area contributed by atoms with Gasteiger partial charge in [0.2, 0.25) is 0 Å². The van der Waals surface area contributed by atoms with Crippen LogP contribution in [0.1, 0.15) is 51.4 Å². The molecule has 0 bridgehead atoms. The minimum atomic E-state index is -2.39. The molecule has 0 spiro atoms. The monoisotopic (exact) mass is 231 g/mol. The van der Waals surface area contributed by atoms with E-state index in [4.69, 9.17) is 0 Å². The molecule has 1 saturated heterocycles. The van der Waals surface area contributed by atoms with Gasteiger partial charge < -0.3 is 4.90 Å². The van der Waals surface area contributed by atoms with Crippen LogP contribution in [0.2, 0.25) is 0 Å². The van der Waals surface area contributed by atoms with E-state index in [-0.39, 0.29) is 12.8 Å². The topological polar surface area (TPSA) is 3.24 Å². The van der Waals surface area contributed by atoms with Crippen molar-refractivity contribution in [3.05, 3.63) is 0 Å². The van der Waals surface area contributed by atoms with Crippen molar-refractivity contribution in [1.82, 2.24) is 4.90 Å². The number of halogens is 2. The van der Waals surface area contributed by atoms with Gasteiger partial charge in [-0.15, -0.1) is 0 Å². The van der Waals surface area contributed by atoms with Gasteiger partial charge in [-0.25, -0.2) is 8.78 Å². The van der Waals surface area contributed by atoms with Gasteiger partial charge in [0.05, 0.1) is 0 Å². The third-order valence-electron chi connectivity index (χ3n) is 4.08. The highest BCUT2D eigenvalue weighted by atomic mass is 19.3.